The first kappa shape index (κ1) is 20.7. The van der Waals surface area contributed by atoms with E-state index in [9.17, 15) is 4.79 Å². The molecule has 0 aromatic rings. The Balaban J connectivity index is 1.57. The Kier molecular flexibility index (Phi) is 5.68. The summed E-state index contributed by atoms with van der Waals surface area (Å²) >= 11 is 6.44. The van der Waals surface area contributed by atoms with Crippen LogP contribution in [0.2, 0.25) is 0 Å². The molecule has 6 heteroatoms. The Morgan fingerprint density at radius 3 is 2.37 bits per heavy atom. The molecule has 1 heterocycles. The number of hydrogen-bond donors (Lipinski definition) is 1. The molecule has 1 saturated heterocycles. The molecule has 1 aliphatic heterocycles. The van der Waals surface area contributed by atoms with Crippen molar-refractivity contribution in [2.24, 2.45) is 5.92 Å². The molecule has 3 aliphatic rings. The van der Waals surface area contributed by atoms with E-state index in [-0.39, 0.29) is 30.3 Å². The van der Waals surface area contributed by atoms with E-state index in [1.165, 1.54) is 5.57 Å². The monoisotopic (exact) mass is 397 g/mol. The maximum Gasteiger partial charge on any atom is 0.407 e. The van der Waals surface area contributed by atoms with Crippen LogP contribution in [0.25, 0.3) is 0 Å². The number of carbonyl (C=O) groups is 1. The maximum absolute atomic E-state index is 12.0. The average molecular weight is 398 g/mol. The van der Waals surface area contributed by atoms with E-state index < -0.39 is 11.4 Å². The van der Waals surface area contributed by atoms with Crippen LogP contribution in [-0.2, 0) is 14.2 Å². The Labute approximate surface area is 167 Å². The molecule has 0 bridgehead atoms. The number of rotatable bonds is 2. The SMILES string of the molecule is CC1=C(C)C2O[C@](C)([C@H]3CC[C@H](NC(=O)OC(C)(C)C)CC3)OC2C(Cl)=C1. The number of halogens is 1. The van der Waals surface area contributed by atoms with E-state index in [1.54, 1.807) is 0 Å². The number of fused-ring (bicyclic) bond motifs is 1. The molecule has 0 radical (unpaired) electrons. The van der Waals surface area contributed by atoms with E-state index in [1.807, 2.05) is 33.8 Å². The van der Waals surface area contributed by atoms with Gasteiger partial charge >= 0.3 is 6.09 Å². The highest BCUT2D eigenvalue weighted by atomic mass is 35.5. The second-order valence-electron chi connectivity index (χ2n) is 9.18. The van der Waals surface area contributed by atoms with Crippen LogP contribution in [0, 0.1) is 5.92 Å². The predicted molar refractivity (Wildman–Crippen MR) is 106 cm³/mol. The maximum atomic E-state index is 12.0. The third-order valence-electron chi connectivity index (χ3n) is 5.86. The zero-order valence-corrected chi connectivity index (χ0v) is 18.0. The van der Waals surface area contributed by atoms with Gasteiger partial charge in [-0.3, -0.25) is 0 Å². The molecule has 5 nitrogen and oxygen atoms in total. The van der Waals surface area contributed by atoms with Gasteiger partial charge in [-0.1, -0.05) is 11.6 Å². The molecule has 0 aromatic heterocycles. The molecular formula is C21H32ClNO4. The van der Waals surface area contributed by atoms with Crippen LogP contribution >= 0.6 is 11.6 Å². The minimum atomic E-state index is -0.647. The fourth-order valence-electron chi connectivity index (χ4n) is 4.23. The lowest BCUT2D eigenvalue weighted by atomic mass is 9.81. The molecule has 3 rings (SSSR count). The first-order valence-corrected chi connectivity index (χ1v) is 10.3. The Hall–Kier alpha value is -1.04. The van der Waals surface area contributed by atoms with Crippen molar-refractivity contribution in [3.63, 3.8) is 0 Å². The number of alkyl carbamates (subject to hydrolysis) is 1. The molecular weight excluding hydrogens is 366 g/mol. The topological polar surface area (TPSA) is 56.8 Å². The summed E-state index contributed by atoms with van der Waals surface area (Å²) in [6.45, 7) is 11.8. The molecule has 27 heavy (non-hydrogen) atoms. The summed E-state index contributed by atoms with van der Waals surface area (Å²) in [4.78, 5) is 12.0. The zero-order chi connectivity index (χ0) is 20.0. The zero-order valence-electron chi connectivity index (χ0n) is 17.2. The molecule has 152 valence electrons. The number of carbonyl (C=O) groups excluding carboxylic acids is 1. The molecule has 1 N–H and O–H groups in total. The van der Waals surface area contributed by atoms with Crippen LogP contribution in [0.3, 0.4) is 0 Å². The highest BCUT2D eigenvalue weighted by molar-refractivity contribution is 6.30. The number of nitrogens with one attached hydrogen (secondary N) is 1. The molecule has 3 atom stereocenters. The molecule has 0 spiro atoms. The molecule has 2 aliphatic carbocycles. The number of hydrogen-bond acceptors (Lipinski definition) is 4. The molecule has 0 aromatic carbocycles. The average Bonchev–Trinajstić information content (AvgIpc) is 2.91. The van der Waals surface area contributed by atoms with Gasteiger partial charge in [0.2, 0.25) is 0 Å². The first-order chi connectivity index (χ1) is 12.5. The quantitative estimate of drug-likeness (QED) is 0.708. The standard InChI is InChI=1S/C21H32ClNO4/c1-12-11-16(22)18-17(13(12)2)25-21(6,26-18)14-7-9-15(10-8-14)23-19(24)27-20(3,4)5/h11,14-15,17-18H,7-10H2,1-6H3,(H,23,24)/t14-,15-,17?,18?,21-/m0/s1. The molecule has 1 amide bonds. The number of amides is 1. The van der Waals surface area contributed by atoms with Crippen molar-refractivity contribution in [2.45, 2.75) is 96.9 Å². The molecule has 2 unspecified atom stereocenters. The smallest absolute Gasteiger partial charge is 0.407 e. The van der Waals surface area contributed by atoms with Crippen molar-refractivity contribution < 1.29 is 19.0 Å². The fourth-order valence-corrected chi connectivity index (χ4v) is 4.55. The van der Waals surface area contributed by atoms with Gasteiger partial charge in [0.05, 0.1) is 5.03 Å². The lowest BCUT2D eigenvalue weighted by molar-refractivity contribution is -0.200. The van der Waals surface area contributed by atoms with Crippen LogP contribution in [0.4, 0.5) is 4.79 Å². The second kappa shape index (κ2) is 7.41. The van der Waals surface area contributed by atoms with Gasteiger partial charge in [-0.05, 0) is 84.4 Å². The normalized spacial score (nSPS) is 36.9. The number of allylic oxidation sites excluding steroid dienone is 2. The van der Waals surface area contributed by atoms with Gasteiger partial charge in [0.25, 0.3) is 0 Å². The van der Waals surface area contributed by atoms with Crippen LogP contribution in [-0.4, -0.2) is 35.7 Å². The predicted octanol–water partition coefficient (Wildman–Crippen LogP) is 5.04. The van der Waals surface area contributed by atoms with Gasteiger partial charge in [-0.2, -0.15) is 0 Å². The lowest BCUT2D eigenvalue weighted by Gasteiger charge is -2.38. The van der Waals surface area contributed by atoms with Crippen LogP contribution < -0.4 is 5.32 Å². The van der Waals surface area contributed by atoms with E-state index in [0.717, 1.165) is 31.3 Å². The summed E-state index contributed by atoms with van der Waals surface area (Å²) in [6, 6.07) is 0.135. The molecule has 1 saturated carbocycles. The van der Waals surface area contributed by atoms with Gasteiger partial charge < -0.3 is 19.5 Å². The van der Waals surface area contributed by atoms with Crippen LogP contribution in [0.15, 0.2) is 22.3 Å². The fraction of sp³-hybridized carbons (Fsp3) is 0.762. The summed E-state index contributed by atoms with van der Waals surface area (Å²) in [5, 5.41) is 3.70. The highest BCUT2D eigenvalue weighted by Crippen LogP contribution is 2.47. The van der Waals surface area contributed by atoms with Gasteiger partial charge in [-0.15, -0.1) is 0 Å². The van der Waals surface area contributed by atoms with E-state index >= 15 is 0 Å². The van der Waals surface area contributed by atoms with E-state index in [4.69, 9.17) is 25.8 Å². The summed E-state index contributed by atoms with van der Waals surface area (Å²) in [7, 11) is 0. The Morgan fingerprint density at radius 2 is 1.78 bits per heavy atom. The minimum absolute atomic E-state index is 0.106. The van der Waals surface area contributed by atoms with Crippen molar-refractivity contribution in [3.8, 4) is 0 Å². The summed E-state index contributed by atoms with van der Waals surface area (Å²) in [5.74, 6) is -0.371. The lowest BCUT2D eigenvalue weighted by Crippen LogP contribution is -2.45. The van der Waals surface area contributed by atoms with E-state index in [0.29, 0.717) is 5.03 Å². The summed E-state index contributed by atoms with van der Waals surface area (Å²) in [5.41, 5.74) is 1.86. The van der Waals surface area contributed by atoms with Crippen molar-refractivity contribution in [2.75, 3.05) is 0 Å². The number of ether oxygens (including phenoxy) is 3. The van der Waals surface area contributed by atoms with Gasteiger partial charge in [0, 0.05) is 12.0 Å². The minimum Gasteiger partial charge on any atom is -0.444 e. The first-order valence-electron chi connectivity index (χ1n) is 9.88. The third kappa shape index (κ3) is 4.52. The Bertz CT molecular complexity index is 658. The van der Waals surface area contributed by atoms with Crippen LogP contribution in [0.5, 0.6) is 0 Å². The summed E-state index contributed by atoms with van der Waals surface area (Å²) < 4.78 is 18.1. The summed E-state index contributed by atoms with van der Waals surface area (Å²) in [6.07, 6.45) is 4.96. The van der Waals surface area contributed by atoms with Crippen molar-refractivity contribution in [1.29, 1.82) is 0 Å². The Morgan fingerprint density at radius 1 is 1.19 bits per heavy atom. The largest absolute Gasteiger partial charge is 0.444 e. The van der Waals surface area contributed by atoms with Crippen molar-refractivity contribution >= 4 is 17.7 Å². The molecule has 2 fully saturated rings. The van der Waals surface area contributed by atoms with Crippen molar-refractivity contribution in [1.82, 2.24) is 5.32 Å². The van der Waals surface area contributed by atoms with Gasteiger partial charge in [0.15, 0.2) is 5.79 Å². The second-order valence-corrected chi connectivity index (χ2v) is 9.62. The van der Waals surface area contributed by atoms with Crippen LogP contribution in [0.1, 0.15) is 67.2 Å². The third-order valence-corrected chi connectivity index (χ3v) is 6.19. The van der Waals surface area contributed by atoms with Gasteiger partial charge in [0.1, 0.15) is 17.8 Å². The van der Waals surface area contributed by atoms with Crippen molar-refractivity contribution in [3.05, 3.63) is 22.3 Å². The van der Waals surface area contributed by atoms with E-state index in [2.05, 4.69) is 19.2 Å². The van der Waals surface area contributed by atoms with Gasteiger partial charge in [-0.25, -0.2) is 4.79 Å². The highest BCUT2D eigenvalue weighted by Gasteiger charge is 2.52.